The second kappa shape index (κ2) is 8.92. The van der Waals surface area contributed by atoms with Gasteiger partial charge in [0.1, 0.15) is 0 Å². The van der Waals surface area contributed by atoms with Crippen LogP contribution in [0.15, 0.2) is 36.7 Å². The normalized spacial score (nSPS) is 10.4. The molecule has 6 heteroatoms. The minimum Gasteiger partial charge on any atom is -0.341 e. The van der Waals surface area contributed by atoms with E-state index in [1.807, 2.05) is 0 Å². The van der Waals surface area contributed by atoms with Gasteiger partial charge < -0.3 is 10.2 Å². The van der Waals surface area contributed by atoms with Gasteiger partial charge in [-0.15, -0.1) is 0 Å². The van der Waals surface area contributed by atoms with Gasteiger partial charge in [0.15, 0.2) is 5.78 Å². The van der Waals surface area contributed by atoms with Gasteiger partial charge in [-0.3, -0.25) is 9.59 Å². The third kappa shape index (κ3) is 5.11. The van der Waals surface area contributed by atoms with Gasteiger partial charge in [0.2, 0.25) is 5.95 Å². The summed E-state index contributed by atoms with van der Waals surface area (Å²) in [5.41, 5.74) is 1.63. The topological polar surface area (TPSA) is 75.2 Å². The van der Waals surface area contributed by atoms with Crippen molar-refractivity contribution in [3.63, 3.8) is 0 Å². The highest BCUT2D eigenvalue weighted by Crippen LogP contribution is 2.13. The Balaban J connectivity index is 2.05. The first-order chi connectivity index (χ1) is 12.0. The molecular formula is C19H24N4O2. The van der Waals surface area contributed by atoms with E-state index in [0.717, 1.165) is 25.9 Å². The average molecular weight is 340 g/mol. The highest BCUT2D eigenvalue weighted by Gasteiger charge is 2.11. The van der Waals surface area contributed by atoms with Gasteiger partial charge in [-0.2, -0.15) is 0 Å². The number of benzene rings is 1. The summed E-state index contributed by atoms with van der Waals surface area (Å²) in [7, 11) is 0. The number of aromatic nitrogens is 2. The second-order valence-corrected chi connectivity index (χ2v) is 5.85. The molecule has 0 radical (unpaired) electrons. The molecule has 0 bridgehead atoms. The van der Waals surface area contributed by atoms with Crippen LogP contribution in [0.5, 0.6) is 0 Å². The molecule has 1 amide bonds. The smallest absolute Gasteiger partial charge is 0.258 e. The maximum atomic E-state index is 12.3. The lowest BCUT2D eigenvalue weighted by molar-refractivity contribution is 0.101. The van der Waals surface area contributed by atoms with E-state index in [1.54, 1.807) is 36.7 Å². The highest BCUT2D eigenvalue weighted by molar-refractivity contribution is 6.04. The molecule has 1 heterocycles. The van der Waals surface area contributed by atoms with E-state index in [0.29, 0.717) is 22.8 Å². The molecule has 6 nitrogen and oxygen atoms in total. The summed E-state index contributed by atoms with van der Waals surface area (Å²) in [6.07, 6.45) is 5.11. The Morgan fingerprint density at radius 1 is 0.960 bits per heavy atom. The van der Waals surface area contributed by atoms with Crippen LogP contribution in [0.4, 0.5) is 11.6 Å². The first-order valence-electron chi connectivity index (χ1n) is 8.54. The molecule has 1 aromatic heterocycles. The standard InChI is InChI=1S/C19H24N4O2/c1-4-10-23(11-5-2)19-20-12-16(13-21-19)18(25)22-17-8-6-15(7-9-17)14(3)24/h6-9,12-13H,4-5,10-11H2,1-3H3,(H,22,25). The van der Waals surface area contributed by atoms with Crippen LogP contribution in [-0.2, 0) is 0 Å². The maximum Gasteiger partial charge on any atom is 0.258 e. The van der Waals surface area contributed by atoms with Gasteiger partial charge in [0, 0.05) is 36.7 Å². The number of amides is 1. The molecule has 2 rings (SSSR count). The summed E-state index contributed by atoms with van der Waals surface area (Å²) in [5.74, 6) is 0.358. The van der Waals surface area contributed by atoms with E-state index in [9.17, 15) is 9.59 Å². The molecule has 0 saturated carbocycles. The number of anilines is 2. The average Bonchev–Trinajstić information content (AvgIpc) is 2.62. The van der Waals surface area contributed by atoms with Crippen LogP contribution in [0.25, 0.3) is 0 Å². The number of hydrogen-bond acceptors (Lipinski definition) is 5. The zero-order valence-corrected chi connectivity index (χ0v) is 15.0. The SMILES string of the molecule is CCCN(CCC)c1ncc(C(=O)Nc2ccc(C(C)=O)cc2)cn1. The van der Waals surface area contributed by atoms with E-state index in [1.165, 1.54) is 6.92 Å². The number of carbonyl (C=O) groups excluding carboxylic acids is 2. The lowest BCUT2D eigenvalue weighted by atomic mass is 10.1. The molecule has 0 aliphatic heterocycles. The van der Waals surface area contributed by atoms with Crippen molar-refractivity contribution >= 4 is 23.3 Å². The van der Waals surface area contributed by atoms with Crippen LogP contribution in [0, 0.1) is 0 Å². The summed E-state index contributed by atoms with van der Waals surface area (Å²) in [6, 6.07) is 6.78. The highest BCUT2D eigenvalue weighted by atomic mass is 16.1. The van der Waals surface area contributed by atoms with Crippen LogP contribution in [0.2, 0.25) is 0 Å². The van der Waals surface area contributed by atoms with Crippen LogP contribution < -0.4 is 10.2 Å². The largest absolute Gasteiger partial charge is 0.341 e. The van der Waals surface area contributed by atoms with E-state index >= 15 is 0 Å². The number of nitrogens with one attached hydrogen (secondary N) is 1. The van der Waals surface area contributed by atoms with Crippen molar-refractivity contribution < 1.29 is 9.59 Å². The molecule has 1 N–H and O–H groups in total. The minimum atomic E-state index is -0.278. The molecule has 1 aromatic carbocycles. The molecule has 0 aliphatic carbocycles. The Morgan fingerprint density at radius 3 is 2.00 bits per heavy atom. The molecule has 0 spiro atoms. The zero-order chi connectivity index (χ0) is 18.2. The van der Waals surface area contributed by atoms with Crippen molar-refractivity contribution in [3.05, 3.63) is 47.8 Å². The number of nitrogens with zero attached hydrogens (tertiary/aromatic N) is 3. The summed E-state index contributed by atoms with van der Waals surface area (Å²) in [6.45, 7) is 7.51. The number of rotatable bonds is 8. The van der Waals surface area contributed by atoms with E-state index < -0.39 is 0 Å². The first-order valence-corrected chi connectivity index (χ1v) is 8.54. The van der Waals surface area contributed by atoms with Crippen LogP contribution in [0.1, 0.15) is 54.3 Å². The third-order valence-electron chi connectivity index (χ3n) is 3.72. The van der Waals surface area contributed by atoms with Crippen molar-refractivity contribution in [3.8, 4) is 0 Å². The summed E-state index contributed by atoms with van der Waals surface area (Å²) in [4.78, 5) is 34.3. The molecule has 25 heavy (non-hydrogen) atoms. The molecule has 0 fully saturated rings. The van der Waals surface area contributed by atoms with E-state index in [-0.39, 0.29) is 11.7 Å². The number of ketones is 1. The van der Waals surface area contributed by atoms with Gasteiger partial charge in [0.25, 0.3) is 5.91 Å². The Hall–Kier alpha value is -2.76. The van der Waals surface area contributed by atoms with Gasteiger partial charge in [-0.25, -0.2) is 9.97 Å². The predicted molar refractivity (Wildman–Crippen MR) is 99.2 cm³/mol. The number of Topliss-reactive ketones (excluding diaryl/α,β-unsaturated/α-hetero) is 1. The lowest BCUT2D eigenvalue weighted by Crippen LogP contribution is -2.27. The Bertz CT molecular complexity index is 705. The minimum absolute atomic E-state index is 0.00872. The van der Waals surface area contributed by atoms with Crippen LogP contribution in [0.3, 0.4) is 0 Å². The molecule has 0 aliphatic rings. The molecule has 0 atom stereocenters. The van der Waals surface area contributed by atoms with Crippen molar-refractivity contribution in [2.45, 2.75) is 33.6 Å². The third-order valence-corrected chi connectivity index (χ3v) is 3.72. The van der Waals surface area contributed by atoms with E-state index in [4.69, 9.17) is 0 Å². The summed E-state index contributed by atoms with van der Waals surface area (Å²) < 4.78 is 0. The monoisotopic (exact) mass is 340 g/mol. The zero-order valence-electron chi connectivity index (χ0n) is 15.0. The molecule has 0 saturated heterocycles. The molecule has 2 aromatic rings. The Morgan fingerprint density at radius 2 is 1.52 bits per heavy atom. The fourth-order valence-electron chi connectivity index (χ4n) is 2.44. The van der Waals surface area contributed by atoms with Crippen molar-refractivity contribution in [2.24, 2.45) is 0 Å². The Labute approximate surface area is 148 Å². The molecule has 0 unspecified atom stereocenters. The lowest BCUT2D eigenvalue weighted by Gasteiger charge is -2.21. The van der Waals surface area contributed by atoms with Gasteiger partial charge >= 0.3 is 0 Å². The molecular weight excluding hydrogens is 316 g/mol. The van der Waals surface area contributed by atoms with Gasteiger partial charge in [-0.05, 0) is 44.0 Å². The predicted octanol–water partition coefficient (Wildman–Crippen LogP) is 3.56. The fraction of sp³-hybridized carbons (Fsp3) is 0.368. The van der Waals surface area contributed by atoms with Crippen LogP contribution in [-0.4, -0.2) is 34.7 Å². The summed E-state index contributed by atoms with van der Waals surface area (Å²) >= 11 is 0. The summed E-state index contributed by atoms with van der Waals surface area (Å²) in [5, 5.41) is 2.78. The molecule has 132 valence electrons. The van der Waals surface area contributed by atoms with E-state index in [2.05, 4.69) is 34.0 Å². The number of hydrogen-bond donors (Lipinski definition) is 1. The number of carbonyl (C=O) groups is 2. The maximum absolute atomic E-state index is 12.3. The van der Waals surface area contributed by atoms with Crippen molar-refractivity contribution in [1.29, 1.82) is 0 Å². The van der Waals surface area contributed by atoms with Gasteiger partial charge in [-0.1, -0.05) is 13.8 Å². The second-order valence-electron chi connectivity index (χ2n) is 5.85. The quantitative estimate of drug-likeness (QED) is 0.744. The first kappa shape index (κ1) is 18.6. The fourth-order valence-corrected chi connectivity index (χ4v) is 2.44. The van der Waals surface area contributed by atoms with Crippen molar-refractivity contribution in [1.82, 2.24) is 9.97 Å². The van der Waals surface area contributed by atoms with Gasteiger partial charge in [0.05, 0.1) is 5.56 Å². The Kier molecular flexibility index (Phi) is 6.62. The van der Waals surface area contributed by atoms with Crippen molar-refractivity contribution in [2.75, 3.05) is 23.3 Å². The van der Waals surface area contributed by atoms with Crippen LogP contribution >= 0.6 is 0 Å².